The first-order valence-corrected chi connectivity index (χ1v) is 8.67. The lowest BCUT2D eigenvalue weighted by Gasteiger charge is -2.16. The maximum atomic E-state index is 12.5. The molecule has 5 nitrogen and oxygen atoms in total. The van der Waals surface area contributed by atoms with Crippen LogP contribution in [-0.2, 0) is 0 Å². The van der Waals surface area contributed by atoms with E-state index in [2.05, 4.69) is 33.3 Å². The molecule has 0 aliphatic rings. The molecule has 2 rings (SSSR count). The van der Waals surface area contributed by atoms with Crippen LogP contribution < -0.4 is 11.1 Å². The number of amides is 1. The van der Waals surface area contributed by atoms with Crippen molar-refractivity contribution in [2.75, 3.05) is 6.54 Å². The summed E-state index contributed by atoms with van der Waals surface area (Å²) in [6.45, 7) is 4.47. The van der Waals surface area contributed by atoms with Gasteiger partial charge in [-0.2, -0.15) is 5.10 Å². The standard InChI is InChI=1S/C17H23BrN4O/c1-3-4-7-14(10-19)21-17(23)16-11-20-22(12(16)2)15-8-5-6-13(18)9-15/h5-6,8-9,11,14H,3-4,7,10,19H2,1-2H3,(H,21,23). The number of carbonyl (C=O) groups excluding carboxylic acids is 1. The van der Waals surface area contributed by atoms with E-state index in [4.69, 9.17) is 5.73 Å². The number of nitrogens with one attached hydrogen (secondary N) is 1. The molecule has 1 aromatic carbocycles. The van der Waals surface area contributed by atoms with Gasteiger partial charge in [-0.25, -0.2) is 4.68 Å². The van der Waals surface area contributed by atoms with Crippen molar-refractivity contribution in [1.29, 1.82) is 0 Å². The van der Waals surface area contributed by atoms with Crippen molar-refractivity contribution in [3.8, 4) is 5.69 Å². The van der Waals surface area contributed by atoms with Crippen LogP contribution in [0.3, 0.4) is 0 Å². The highest BCUT2D eigenvalue weighted by molar-refractivity contribution is 9.10. The molecule has 0 spiro atoms. The second-order valence-electron chi connectivity index (χ2n) is 5.58. The third kappa shape index (κ3) is 4.42. The highest BCUT2D eigenvalue weighted by Gasteiger charge is 2.18. The summed E-state index contributed by atoms with van der Waals surface area (Å²) in [5.41, 5.74) is 8.06. The van der Waals surface area contributed by atoms with Gasteiger partial charge in [0.25, 0.3) is 5.91 Å². The highest BCUT2D eigenvalue weighted by atomic mass is 79.9. The Morgan fingerprint density at radius 3 is 2.91 bits per heavy atom. The molecule has 0 saturated carbocycles. The van der Waals surface area contributed by atoms with E-state index < -0.39 is 0 Å². The van der Waals surface area contributed by atoms with Gasteiger partial charge in [-0.3, -0.25) is 4.79 Å². The molecule has 2 aromatic rings. The van der Waals surface area contributed by atoms with E-state index in [-0.39, 0.29) is 11.9 Å². The van der Waals surface area contributed by atoms with Gasteiger partial charge in [-0.15, -0.1) is 0 Å². The lowest BCUT2D eigenvalue weighted by atomic mass is 10.1. The number of hydrogen-bond donors (Lipinski definition) is 2. The van der Waals surface area contributed by atoms with Crippen molar-refractivity contribution in [3.63, 3.8) is 0 Å². The minimum Gasteiger partial charge on any atom is -0.348 e. The SMILES string of the molecule is CCCCC(CN)NC(=O)c1cnn(-c2cccc(Br)c2)c1C. The molecule has 1 heterocycles. The Morgan fingerprint density at radius 1 is 1.48 bits per heavy atom. The molecule has 0 aliphatic heterocycles. The van der Waals surface area contributed by atoms with Crippen LogP contribution in [0, 0.1) is 6.92 Å². The molecular formula is C17H23BrN4O. The predicted octanol–water partition coefficient (Wildman–Crippen LogP) is 3.19. The predicted molar refractivity (Wildman–Crippen MR) is 95.8 cm³/mol. The molecule has 1 amide bonds. The summed E-state index contributed by atoms with van der Waals surface area (Å²) in [7, 11) is 0. The van der Waals surface area contributed by atoms with E-state index in [1.54, 1.807) is 10.9 Å². The summed E-state index contributed by atoms with van der Waals surface area (Å²) in [6, 6.07) is 7.82. The Labute approximate surface area is 145 Å². The smallest absolute Gasteiger partial charge is 0.255 e. The third-order valence-corrected chi connectivity index (χ3v) is 4.33. The molecule has 3 N–H and O–H groups in total. The van der Waals surface area contributed by atoms with Crippen LogP contribution in [-0.4, -0.2) is 28.3 Å². The molecule has 6 heteroatoms. The first-order valence-electron chi connectivity index (χ1n) is 7.88. The molecule has 1 unspecified atom stereocenters. The Morgan fingerprint density at radius 2 is 2.26 bits per heavy atom. The van der Waals surface area contributed by atoms with Gasteiger partial charge in [0.05, 0.1) is 23.1 Å². The van der Waals surface area contributed by atoms with E-state index in [9.17, 15) is 4.79 Å². The maximum Gasteiger partial charge on any atom is 0.255 e. The van der Waals surface area contributed by atoms with Crippen molar-refractivity contribution in [1.82, 2.24) is 15.1 Å². The Balaban J connectivity index is 2.16. The molecule has 0 saturated heterocycles. The Hall–Kier alpha value is -1.66. The van der Waals surface area contributed by atoms with Crippen LogP contribution in [0.1, 0.15) is 42.2 Å². The summed E-state index contributed by atoms with van der Waals surface area (Å²) in [6.07, 6.45) is 4.65. The van der Waals surface area contributed by atoms with Crippen LogP contribution >= 0.6 is 15.9 Å². The number of unbranched alkanes of at least 4 members (excludes halogenated alkanes) is 1. The number of rotatable bonds is 7. The Kier molecular flexibility index (Phi) is 6.36. The quantitative estimate of drug-likeness (QED) is 0.776. The fourth-order valence-electron chi connectivity index (χ4n) is 2.46. The third-order valence-electron chi connectivity index (χ3n) is 3.83. The fourth-order valence-corrected chi connectivity index (χ4v) is 2.85. The van der Waals surface area contributed by atoms with Gasteiger partial charge in [-0.05, 0) is 31.5 Å². The van der Waals surface area contributed by atoms with Gasteiger partial charge in [0, 0.05) is 17.1 Å². The largest absolute Gasteiger partial charge is 0.348 e. The van der Waals surface area contributed by atoms with Gasteiger partial charge in [-0.1, -0.05) is 41.8 Å². The van der Waals surface area contributed by atoms with Gasteiger partial charge < -0.3 is 11.1 Å². The number of carbonyl (C=O) groups is 1. The number of benzene rings is 1. The maximum absolute atomic E-state index is 12.5. The molecular weight excluding hydrogens is 356 g/mol. The van der Waals surface area contributed by atoms with Crippen molar-refractivity contribution < 1.29 is 4.79 Å². The van der Waals surface area contributed by atoms with Crippen molar-refractivity contribution in [2.24, 2.45) is 5.73 Å². The average molecular weight is 379 g/mol. The minimum absolute atomic E-state index is 0.0102. The van der Waals surface area contributed by atoms with Gasteiger partial charge in [0.2, 0.25) is 0 Å². The van der Waals surface area contributed by atoms with E-state index in [1.807, 2.05) is 31.2 Å². The summed E-state index contributed by atoms with van der Waals surface area (Å²) in [5, 5.41) is 7.36. The van der Waals surface area contributed by atoms with Gasteiger partial charge in [0.15, 0.2) is 0 Å². The lowest BCUT2D eigenvalue weighted by Crippen LogP contribution is -2.40. The monoisotopic (exact) mass is 378 g/mol. The van der Waals surface area contributed by atoms with Crippen LogP contribution in [0.4, 0.5) is 0 Å². The minimum atomic E-state index is -0.115. The fraction of sp³-hybridized carbons (Fsp3) is 0.412. The summed E-state index contributed by atoms with van der Waals surface area (Å²) in [5.74, 6) is -0.115. The van der Waals surface area contributed by atoms with E-state index in [1.165, 1.54) is 0 Å². The Bertz CT molecular complexity index is 668. The second kappa shape index (κ2) is 8.26. The lowest BCUT2D eigenvalue weighted by molar-refractivity contribution is 0.0935. The van der Waals surface area contributed by atoms with E-state index in [0.29, 0.717) is 12.1 Å². The van der Waals surface area contributed by atoms with E-state index in [0.717, 1.165) is 35.1 Å². The zero-order chi connectivity index (χ0) is 16.8. The zero-order valence-corrected chi connectivity index (χ0v) is 15.1. The topological polar surface area (TPSA) is 72.9 Å². The molecule has 0 radical (unpaired) electrons. The summed E-state index contributed by atoms with van der Waals surface area (Å²) in [4.78, 5) is 12.5. The van der Waals surface area contributed by atoms with Crippen LogP contribution in [0.2, 0.25) is 0 Å². The normalized spacial score (nSPS) is 12.2. The summed E-state index contributed by atoms with van der Waals surface area (Å²) >= 11 is 3.45. The first kappa shape index (κ1) is 17.7. The second-order valence-corrected chi connectivity index (χ2v) is 6.50. The molecule has 1 aromatic heterocycles. The molecule has 23 heavy (non-hydrogen) atoms. The molecule has 0 aliphatic carbocycles. The van der Waals surface area contributed by atoms with Crippen molar-refractivity contribution in [2.45, 2.75) is 39.2 Å². The van der Waals surface area contributed by atoms with E-state index >= 15 is 0 Å². The van der Waals surface area contributed by atoms with Gasteiger partial charge >= 0.3 is 0 Å². The molecule has 0 fully saturated rings. The number of hydrogen-bond acceptors (Lipinski definition) is 3. The summed E-state index contributed by atoms with van der Waals surface area (Å²) < 4.78 is 2.74. The average Bonchev–Trinajstić information content (AvgIpc) is 2.93. The molecule has 0 bridgehead atoms. The van der Waals surface area contributed by atoms with Crippen molar-refractivity contribution >= 4 is 21.8 Å². The number of nitrogens with two attached hydrogens (primary N) is 1. The number of halogens is 1. The molecule has 124 valence electrons. The van der Waals surface area contributed by atoms with Crippen LogP contribution in [0.5, 0.6) is 0 Å². The van der Waals surface area contributed by atoms with Gasteiger partial charge in [0.1, 0.15) is 0 Å². The van der Waals surface area contributed by atoms with Crippen LogP contribution in [0.15, 0.2) is 34.9 Å². The van der Waals surface area contributed by atoms with Crippen LogP contribution in [0.25, 0.3) is 5.69 Å². The first-order chi connectivity index (χ1) is 11.1. The number of nitrogens with zero attached hydrogens (tertiary/aromatic N) is 2. The van der Waals surface area contributed by atoms with Crippen molar-refractivity contribution in [3.05, 3.63) is 46.2 Å². The zero-order valence-electron chi connectivity index (χ0n) is 13.6. The number of aromatic nitrogens is 2. The highest BCUT2D eigenvalue weighted by Crippen LogP contribution is 2.18. The molecule has 1 atom stereocenters.